The van der Waals surface area contributed by atoms with Gasteiger partial charge in [-0.2, -0.15) is 0 Å². The molecule has 0 saturated carbocycles. The molecular weight excluding hydrogens is 206 g/mol. The Hall–Kier alpha value is -1.34. The molecule has 0 aliphatic heterocycles. The third kappa shape index (κ3) is 2.34. The zero-order chi connectivity index (χ0) is 12.3. The second-order valence-corrected chi connectivity index (χ2v) is 4.38. The van der Waals surface area contributed by atoms with E-state index in [2.05, 4.69) is 62.1 Å². The van der Waals surface area contributed by atoms with E-state index in [1.54, 1.807) is 0 Å². The van der Waals surface area contributed by atoms with Crippen LogP contribution in [0.5, 0.6) is 0 Å². The zero-order valence-corrected chi connectivity index (χ0v) is 10.9. The predicted molar refractivity (Wildman–Crippen MR) is 74.1 cm³/mol. The fourth-order valence-corrected chi connectivity index (χ4v) is 2.50. The lowest BCUT2D eigenvalue weighted by molar-refractivity contribution is 0.235. The van der Waals surface area contributed by atoms with Crippen molar-refractivity contribution in [3.8, 4) is 0 Å². The van der Waals surface area contributed by atoms with Crippen molar-refractivity contribution in [2.45, 2.75) is 26.8 Å². The maximum atomic E-state index is 3.30. The maximum absolute atomic E-state index is 3.30. The van der Waals surface area contributed by atoms with E-state index in [9.17, 15) is 0 Å². The maximum Gasteiger partial charge on any atom is 0.0325 e. The Morgan fingerprint density at radius 3 is 2.53 bits per heavy atom. The van der Waals surface area contributed by atoms with Gasteiger partial charge < -0.3 is 0 Å². The molecule has 2 aromatic carbocycles. The molecule has 0 aliphatic rings. The molecule has 2 rings (SSSR count). The van der Waals surface area contributed by atoms with Crippen LogP contribution < -0.4 is 0 Å². The van der Waals surface area contributed by atoms with Crippen molar-refractivity contribution in [2.75, 3.05) is 13.1 Å². The van der Waals surface area contributed by atoms with E-state index >= 15 is 0 Å². The number of hydrogen-bond donors (Lipinski definition) is 0. The molecule has 17 heavy (non-hydrogen) atoms. The second kappa shape index (κ2) is 5.33. The summed E-state index contributed by atoms with van der Waals surface area (Å²) in [5, 5.41) is 2.54. The molecule has 0 spiro atoms. The first kappa shape index (κ1) is 12.1. The van der Waals surface area contributed by atoms with Gasteiger partial charge in [0.15, 0.2) is 0 Å². The van der Waals surface area contributed by atoms with Crippen LogP contribution in [0.25, 0.3) is 10.8 Å². The average molecular weight is 226 g/mol. The molecule has 1 atom stereocenters. The van der Waals surface area contributed by atoms with Crippen LogP contribution in [0.1, 0.15) is 32.4 Å². The number of nitrogens with zero attached hydrogens (tertiary/aromatic N) is 1. The van der Waals surface area contributed by atoms with Gasteiger partial charge in [0.25, 0.3) is 0 Å². The Kier molecular flexibility index (Phi) is 3.80. The summed E-state index contributed by atoms with van der Waals surface area (Å²) in [7, 11) is 0. The van der Waals surface area contributed by atoms with Crippen molar-refractivity contribution in [2.24, 2.45) is 0 Å². The molecule has 1 unspecified atom stereocenters. The monoisotopic (exact) mass is 226 g/mol. The Labute approximate surface area is 104 Å². The Morgan fingerprint density at radius 2 is 1.82 bits per heavy atom. The van der Waals surface area contributed by atoms with Crippen LogP contribution >= 0.6 is 0 Å². The van der Waals surface area contributed by atoms with Crippen molar-refractivity contribution >= 4 is 10.8 Å². The van der Waals surface area contributed by atoms with E-state index in [1.165, 1.54) is 16.3 Å². The highest BCUT2D eigenvalue weighted by atomic mass is 15.1. The SMILES string of the molecule is CCN(CC)C(C)c1cc[c]c2ccccc12. The molecule has 0 saturated heterocycles. The van der Waals surface area contributed by atoms with Crippen LogP contribution in [0.3, 0.4) is 0 Å². The predicted octanol–water partition coefficient (Wildman–Crippen LogP) is 4.04. The molecule has 1 heteroatoms. The van der Waals surface area contributed by atoms with Crippen molar-refractivity contribution in [1.29, 1.82) is 0 Å². The minimum Gasteiger partial charge on any atom is -0.297 e. The molecule has 0 aromatic heterocycles. The summed E-state index contributed by atoms with van der Waals surface area (Å²) >= 11 is 0. The van der Waals surface area contributed by atoms with Crippen LogP contribution in [0.15, 0.2) is 36.4 Å². The summed E-state index contributed by atoms with van der Waals surface area (Å²) in [5.74, 6) is 0. The summed E-state index contributed by atoms with van der Waals surface area (Å²) in [6.07, 6.45) is 0. The fourth-order valence-electron chi connectivity index (χ4n) is 2.50. The smallest absolute Gasteiger partial charge is 0.0325 e. The van der Waals surface area contributed by atoms with Crippen LogP contribution in [0, 0.1) is 6.07 Å². The molecule has 1 nitrogen and oxygen atoms in total. The van der Waals surface area contributed by atoms with Gasteiger partial charge in [0.2, 0.25) is 0 Å². The van der Waals surface area contributed by atoms with Crippen molar-refractivity contribution < 1.29 is 0 Å². The molecular formula is C16H20N. The summed E-state index contributed by atoms with van der Waals surface area (Å²) in [5.41, 5.74) is 1.41. The topological polar surface area (TPSA) is 3.24 Å². The van der Waals surface area contributed by atoms with Crippen molar-refractivity contribution in [1.82, 2.24) is 4.90 Å². The molecule has 2 aromatic rings. The first-order chi connectivity index (χ1) is 8.27. The van der Waals surface area contributed by atoms with Gasteiger partial charge in [0, 0.05) is 6.04 Å². The number of benzene rings is 2. The lowest BCUT2D eigenvalue weighted by Crippen LogP contribution is -2.26. The van der Waals surface area contributed by atoms with Gasteiger partial charge in [-0.3, -0.25) is 4.90 Å². The van der Waals surface area contributed by atoms with Gasteiger partial charge in [0.1, 0.15) is 0 Å². The summed E-state index contributed by atoms with van der Waals surface area (Å²) < 4.78 is 0. The molecule has 0 heterocycles. The van der Waals surface area contributed by atoms with Crippen molar-refractivity contribution in [3.05, 3.63) is 48.0 Å². The van der Waals surface area contributed by atoms with Gasteiger partial charge in [-0.1, -0.05) is 50.2 Å². The summed E-state index contributed by atoms with van der Waals surface area (Å²) in [4.78, 5) is 2.47. The van der Waals surface area contributed by atoms with Gasteiger partial charge in [0.05, 0.1) is 0 Å². The second-order valence-electron chi connectivity index (χ2n) is 4.38. The summed E-state index contributed by atoms with van der Waals surface area (Å²) in [6, 6.07) is 16.5. The molecule has 0 fully saturated rings. The van der Waals surface area contributed by atoms with Crippen LogP contribution in [-0.2, 0) is 0 Å². The van der Waals surface area contributed by atoms with E-state index < -0.39 is 0 Å². The van der Waals surface area contributed by atoms with E-state index in [0.717, 1.165) is 13.1 Å². The molecule has 0 amide bonds. The third-order valence-electron chi connectivity index (χ3n) is 3.55. The Morgan fingerprint density at radius 1 is 1.12 bits per heavy atom. The molecule has 0 bridgehead atoms. The average Bonchev–Trinajstić information content (AvgIpc) is 2.39. The van der Waals surface area contributed by atoms with Crippen LogP contribution in [-0.4, -0.2) is 18.0 Å². The first-order valence-corrected chi connectivity index (χ1v) is 6.41. The normalized spacial score (nSPS) is 13.2. The first-order valence-electron chi connectivity index (χ1n) is 6.41. The Bertz CT molecular complexity index is 480. The summed E-state index contributed by atoms with van der Waals surface area (Å²) in [6.45, 7) is 8.90. The molecule has 0 N–H and O–H groups in total. The lowest BCUT2D eigenvalue weighted by Gasteiger charge is -2.27. The quantitative estimate of drug-likeness (QED) is 0.760. The van der Waals surface area contributed by atoms with E-state index in [-0.39, 0.29) is 0 Å². The van der Waals surface area contributed by atoms with Gasteiger partial charge in [-0.25, -0.2) is 0 Å². The van der Waals surface area contributed by atoms with E-state index in [0.29, 0.717) is 6.04 Å². The number of rotatable bonds is 4. The van der Waals surface area contributed by atoms with Gasteiger partial charge >= 0.3 is 0 Å². The van der Waals surface area contributed by atoms with E-state index in [4.69, 9.17) is 0 Å². The van der Waals surface area contributed by atoms with E-state index in [1.807, 2.05) is 6.07 Å². The highest BCUT2D eigenvalue weighted by Gasteiger charge is 2.14. The third-order valence-corrected chi connectivity index (χ3v) is 3.55. The lowest BCUT2D eigenvalue weighted by atomic mass is 9.99. The minimum absolute atomic E-state index is 0.462. The highest BCUT2D eigenvalue weighted by Crippen LogP contribution is 2.27. The van der Waals surface area contributed by atoms with Gasteiger partial charge in [-0.15, -0.1) is 0 Å². The molecule has 1 radical (unpaired) electrons. The number of hydrogen-bond acceptors (Lipinski definition) is 1. The van der Waals surface area contributed by atoms with Crippen LogP contribution in [0.4, 0.5) is 0 Å². The highest BCUT2D eigenvalue weighted by molar-refractivity contribution is 5.85. The largest absolute Gasteiger partial charge is 0.297 e. The van der Waals surface area contributed by atoms with Crippen molar-refractivity contribution in [3.63, 3.8) is 0 Å². The fraction of sp³-hybridized carbons (Fsp3) is 0.375. The molecule has 0 aliphatic carbocycles. The van der Waals surface area contributed by atoms with Gasteiger partial charge in [-0.05, 0) is 42.4 Å². The number of fused-ring (bicyclic) bond motifs is 1. The zero-order valence-electron chi connectivity index (χ0n) is 10.9. The minimum atomic E-state index is 0.462. The molecule has 89 valence electrons. The standard InChI is InChI=1S/C16H20N/c1-4-17(5-2)13(3)15-12-8-10-14-9-6-7-11-16(14)15/h6-9,11-13H,4-5H2,1-3H3. The van der Waals surface area contributed by atoms with Crippen LogP contribution in [0.2, 0.25) is 0 Å². The Balaban J connectivity index is 2.47.